The predicted octanol–water partition coefficient (Wildman–Crippen LogP) is 8.08. The van der Waals surface area contributed by atoms with E-state index in [1.165, 1.54) is 24.0 Å². The molecule has 44 heavy (non-hydrogen) atoms. The van der Waals surface area contributed by atoms with Crippen molar-refractivity contribution in [3.05, 3.63) is 77.4 Å². The number of benzene rings is 1. The highest BCUT2D eigenvalue weighted by molar-refractivity contribution is 5.79. The number of carboxylic acids is 1. The lowest BCUT2D eigenvalue weighted by atomic mass is 9.49. The maximum Gasteiger partial charge on any atom is 0.311 e. The Morgan fingerprint density at radius 3 is 2.64 bits per heavy atom. The van der Waals surface area contributed by atoms with Crippen molar-refractivity contribution < 1.29 is 19.7 Å². The summed E-state index contributed by atoms with van der Waals surface area (Å²) in [5.41, 5.74) is 3.22. The van der Waals surface area contributed by atoms with Crippen LogP contribution in [0.25, 0.3) is 0 Å². The zero-order chi connectivity index (χ0) is 30.7. The monoisotopic (exact) mass is 599 g/mol. The van der Waals surface area contributed by atoms with Gasteiger partial charge in [0.1, 0.15) is 11.9 Å². The first-order valence-electron chi connectivity index (χ1n) is 17.5. The van der Waals surface area contributed by atoms with Crippen LogP contribution < -0.4 is 10.1 Å². The highest BCUT2D eigenvalue weighted by atomic mass is 16.5. The van der Waals surface area contributed by atoms with Crippen LogP contribution in [0.1, 0.15) is 119 Å². The first-order chi connectivity index (χ1) is 21.4. The van der Waals surface area contributed by atoms with Crippen LogP contribution in [0.2, 0.25) is 0 Å². The first-order valence-corrected chi connectivity index (χ1v) is 17.5. The smallest absolute Gasteiger partial charge is 0.311 e. The van der Waals surface area contributed by atoms with Crippen LogP contribution in [-0.4, -0.2) is 40.5 Å². The third-order valence-electron chi connectivity index (χ3n) is 11.4. The zero-order valence-corrected chi connectivity index (χ0v) is 26.7. The van der Waals surface area contributed by atoms with Crippen LogP contribution in [0, 0.1) is 11.8 Å². The van der Waals surface area contributed by atoms with Crippen LogP contribution >= 0.6 is 0 Å². The standard InChI is InChI=1S/C39H53NO4/c1-3-4-5-6-7-8-9-10-11-14-27(2)15-12-16-29(25-28-18-19-28)34(37(41)42)31-21-20-30-26-32-39(43)22-13-17-33-38(39,23-24-40-32)35(30)36(31)44-33/h4-5,7-8,10-11,20-21,28-29,32-34,40,43H,2-3,6,9,12-19,22-26H2,1H3,(H,41,42)/b5-4-,8-7-,11-10-/t29?,32?,33-,34?,38+,39+/m0/s1. The van der Waals surface area contributed by atoms with Crippen LogP contribution in [0.5, 0.6) is 5.75 Å². The summed E-state index contributed by atoms with van der Waals surface area (Å²) in [5, 5.41) is 26.6. The topological polar surface area (TPSA) is 78.8 Å². The van der Waals surface area contributed by atoms with Crippen molar-refractivity contribution in [2.24, 2.45) is 11.8 Å². The fourth-order valence-corrected chi connectivity index (χ4v) is 9.18. The van der Waals surface area contributed by atoms with Gasteiger partial charge in [-0.2, -0.15) is 0 Å². The van der Waals surface area contributed by atoms with E-state index in [1.807, 2.05) is 0 Å². The van der Waals surface area contributed by atoms with Crippen molar-refractivity contribution in [2.75, 3.05) is 6.54 Å². The number of nitrogens with one attached hydrogen (secondary N) is 1. The molecule has 1 aromatic rings. The Morgan fingerprint density at radius 1 is 1.11 bits per heavy atom. The first kappa shape index (κ1) is 31.4. The molecule has 2 saturated carbocycles. The summed E-state index contributed by atoms with van der Waals surface area (Å²) in [6.07, 6.45) is 27.5. The molecule has 5 heteroatoms. The van der Waals surface area contributed by atoms with Gasteiger partial charge in [-0.15, -0.1) is 0 Å². The molecule has 5 aliphatic rings. The lowest BCUT2D eigenvalue weighted by molar-refractivity contribution is -0.149. The second-order valence-corrected chi connectivity index (χ2v) is 14.3. The van der Waals surface area contributed by atoms with E-state index in [0.29, 0.717) is 5.92 Å². The van der Waals surface area contributed by atoms with E-state index in [4.69, 9.17) is 4.74 Å². The van der Waals surface area contributed by atoms with Gasteiger partial charge < -0.3 is 20.3 Å². The largest absolute Gasteiger partial charge is 0.489 e. The molecule has 3 N–H and O–H groups in total. The van der Waals surface area contributed by atoms with Gasteiger partial charge in [-0.25, -0.2) is 0 Å². The number of hydrogen-bond donors (Lipinski definition) is 3. The molecule has 5 nitrogen and oxygen atoms in total. The Balaban J connectivity index is 1.15. The van der Waals surface area contributed by atoms with Crippen molar-refractivity contribution in [3.8, 4) is 5.75 Å². The molecule has 3 aliphatic carbocycles. The minimum atomic E-state index is -0.825. The number of carbonyl (C=O) groups is 1. The van der Waals surface area contributed by atoms with Gasteiger partial charge >= 0.3 is 5.97 Å². The molecule has 6 atom stereocenters. The summed E-state index contributed by atoms with van der Waals surface area (Å²) in [6.45, 7) is 7.36. The molecular formula is C39H53NO4. The summed E-state index contributed by atoms with van der Waals surface area (Å²) in [6, 6.07) is 4.28. The van der Waals surface area contributed by atoms with Gasteiger partial charge in [-0.05, 0) is 107 Å². The zero-order valence-electron chi connectivity index (χ0n) is 26.7. The Morgan fingerprint density at radius 2 is 1.89 bits per heavy atom. The molecule has 0 radical (unpaired) electrons. The highest BCUT2D eigenvalue weighted by Crippen LogP contribution is 2.64. The third kappa shape index (κ3) is 5.87. The summed E-state index contributed by atoms with van der Waals surface area (Å²) >= 11 is 0. The molecule has 1 saturated heterocycles. The maximum absolute atomic E-state index is 13.1. The SMILES string of the molecule is C=C(C/C=C\C/C=C\C/C=C\CC)CCCC(CC1CC1)C(C(=O)O)c1ccc2c3c1O[C@H]1CCC[C@@]4(O)C(C2)NCC[C@]314. The number of piperidine rings is 1. The summed E-state index contributed by atoms with van der Waals surface area (Å²) in [7, 11) is 0. The van der Waals surface area contributed by atoms with E-state index in [2.05, 4.69) is 67.4 Å². The molecule has 2 aliphatic heterocycles. The lowest BCUT2D eigenvalue weighted by Crippen LogP contribution is -2.74. The predicted molar refractivity (Wildman–Crippen MR) is 177 cm³/mol. The van der Waals surface area contributed by atoms with Gasteiger partial charge in [0.05, 0.1) is 16.9 Å². The van der Waals surface area contributed by atoms with Gasteiger partial charge in [-0.1, -0.05) is 80.5 Å². The molecule has 2 heterocycles. The second kappa shape index (κ2) is 13.4. The Hall–Kier alpha value is -2.63. The molecule has 6 rings (SSSR count). The number of rotatable bonds is 16. The number of aliphatic carboxylic acids is 1. The Labute approximate surface area is 264 Å². The van der Waals surface area contributed by atoms with E-state index in [-0.39, 0.29) is 18.1 Å². The van der Waals surface area contributed by atoms with Gasteiger partial charge in [0, 0.05) is 17.2 Å². The molecule has 0 amide bonds. The van der Waals surface area contributed by atoms with E-state index in [0.717, 1.165) is 107 Å². The van der Waals surface area contributed by atoms with E-state index in [1.54, 1.807) is 0 Å². The average Bonchev–Trinajstić information content (AvgIpc) is 3.74. The van der Waals surface area contributed by atoms with Gasteiger partial charge in [0.25, 0.3) is 0 Å². The van der Waals surface area contributed by atoms with Crippen molar-refractivity contribution in [1.29, 1.82) is 0 Å². The summed E-state index contributed by atoms with van der Waals surface area (Å²) < 4.78 is 6.84. The maximum atomic E-state index is 13.1. The quantitative estimate of drug-likeness (QED) is 0.168. The van der Waals surface area contributed by atoms with E-state index in [9.17, 15) is 15.0 Å². The Bertz CT molecular complexity index is 1310. The van der Waals surface area contributed by atoms with Gasteiger partial charge in [-0.3, -0.25) is 4.79 Å². The summed E-state index contributed by atoms with van der Waals surface area (Å²) in [5.74, 6) is 0.189. The third-order valence-corrected chi connectivity index (χ3v) is 11.4. The Kier molecular flexibility index (Phi) is 9.54. The number of carboxylic acid groups (broad SMARTS) is 1. The minimum Gasteiger partial charge on any atom is -0.489 e. The van der Waals surface area contributed by atoms with Crippen LogP contribution in [0.4, 0.5) is 0 Å². The molecule has 2 bridgehead atoms. The molecule has 0 aromatic heterocycles. The molecule has 3 unspecified atom stereocenters. The highest BCUT2D eigenvalue weighted by Gasteiger charge is 2.69. The number of aliphatic hydroxyl groups is 1. The van der Waals surface area contributed by atoms with E-state index < -0.39 is 22.9 Å². The van der Waals surface area contributed by atoms with Crippen molar-refractivity contribution in [3.63, 3.8) is 0 Å². The van der Waals surface area contributed by atoms with E-state index >= 15 is 0 Å². The molecule has 238 valence electrons. The number of hydrogen-bond acceptors (Lipinski definition) is 4. The molecular weight excluding hydrogens is 546 g/mol. The second-order valence-electron chi connectivity index (χ2n) is 14.3. The van der Waals surface area contributed by atoms with Crippen LogP contribution in [0.15, 0.2) is 60.7 Å². The average molecular weight is 600 g/mol. The lowest BCUT2D eigenvalue weighted by Gasteiger charge is -2.60. The molecule has 1 aromatic carbocycles. The number of allylic oxidation sites excluding steroid dienone is 7. The van der Waals surface area contributed by atoms with Gasteiger partial charge in [0.15, 0.2) is 0 Å². The van der Waals surface area contributed by atoms with Crippen molar-refractivity contribution in [1.82, 2.24) is 5.32 Å². The number of ether oxygens (including phenoxy) is 1. The molecule has 1 spiro atoms. The van der Waals surface area contributed by atoms with Crippen LogP contribution in [0.3, 0.4) is 0 Å². The van der Waals surface area contributed by atoms with Crippen LogP contribution in [-0.2, 0) is 16.6 Å². The van der Waals surface area contributed by atoms with Crippen molar-refractivity contribution in [2.45, 2.75) is 132 Å². The normalized spacial score (nSPS) is 30.0. The fraction of sp³-hybridized carbons (Fsp3) is 0.615. The molecule has 3 fully saturated rings. The summed E-state index contributed by atoms with van der Waals surface area (Å²) in [4.78, 5) is 13.1. The fourth-order valence-electron chi connectivity index (χ4n) is 9.18. The minimum absolute atomic E-state index is 0.0391. The van der Waals surface area contributed by atoms with Crippen molar-refractivity contribution >= 4 is 5.97 Å². The van der Waals surface area contributed by atoms with Gasteiger partial charge in [0.2, 0.25) is 0 Å².